The van der Waals surface area contributed by atoms with E-state index in [9.17, 15) is 9.59 Å². The van der Waals surface area contributed by atoms with Gasteiger partial charge in [-0.3, -0.25) is 9.59 Å². The minimum absolute atomic E-state index is 0.0106. The summed E-state index contributed by atoms with van der Waals surface area (Å²) in [5, 5.41) is 2.82. The van der Waals surface area contributed by atoms with Crippen molar-refractivity contribution in [3.63, 3.8) is 0 Å². The largest absolute Gasteiger partial charge is 0.484 e. The molecule has 1 aromatic rings. The average Bonchev–Trinajstić information content (AvgIpc) is 2.67. The number of nitrogens with one attached hydrogen (secondary N) is 1. The maximum Gasteiger partial charge on any atom is 0.260 e. The smallest absolute Gasteiger partial charge is 0.260 e. The number of hydrogen-bond acceptors (Lipinski definition) is 5. The van der Waals surface area contributed by atoms with Crippen LogP contribution in [0.3, 0.4) is 0 Å². The van der Waals surface area contributed by atoms with E-state index in [0.717, 1.165) is 0 Å². The van der Waals surface area contributed by atoms with Crippen molar-refractivity contribution in [2.45, 2.75) is 25.9 Å². The Morgan fingerprint density at radius 2 is 1.88 bits per heavy atom. The van der Waals surface area contributed by atoms with Crippen molar-refractivity contribution in [1.29, 1.82) is 0 Å². The first-order valence-electron chi connectivity index (χ1n) is 8.43. The summed E-state index contributed by atoms with van der Waals surface area (Å²) in [6, 6.07) is 6.91. The lowest BCUT2D eigenvalue weighted by Crippen LogP contribution is -2.43. The lowest BCUT2D eigenvalue weighted by atomic mass is 10.0. The van der Waals surface area contributed by atoms with E-state index in [1.165, 1.54) is 7.11 Å². The van der Waals surface area contributed by atoms with Gasteiger partial charge >= 0.3 is 0 Å². The SMILES string of the molecule is CCC(C)(OC)C(=O)Nc1ccc(OCC(=O)N2CCOCC2)cc1. The van der Waals surface area contributed by atoms with Gasteiger partial charge in [-0.2, -0.15) is 0 Å². The van der Waals surface area contributed by atoms with Gasteiger partial charge in [0, 0.05) is 25.9 Å². The summed E-state index contributed by atoms with van der Waals surface area (Å²) in [4.78, 5) is 26.0. The quantitative estimate of drug-likeness (QED) is 0.810. The minimum Gasteiger partial charge on any atom is -0.484 e. The maximum absolute atomic E-state index is 12.2. The number of carbonyl (C=O) groups excluding carboxylic acids is 2. The highest BCUT2D eigenvalue weighted by Crippen LogP contribution is 2.20. The van der Waals surface area contributed by atoms with Gasteiger partial charge in [-0.1, -0.05) is 6.92 Å². The van der Waals surface area contributed by atoms with Crippen molar-refractivity contribution in [3.8, 4) is 5.75 Å². The Morgan fingerprint density at radius 3 is 2.44 bits per heavy atom. The number of amides is 2. The average molecular weight is 350 g/mol. The molecule has 1 N–H and O–H groups in total. The van der Waals surface area contributed by atoms with Gasteiger partial charge in [0.15, 0.2) is 6.61 Å². The molecule has 1 unspecified atom stereocenters. The lowest BCUT2D eigenvalue weighted by molar-refractivity contribution is -0.137. The number of nitrogens with zero attached hydrogens (tertiary/aromatic N) is 1. The van der Waals surface area contributed by atoms with E-state index < -0.39 is 5.60 Å². The van der Waals surface area contributed by atoms with Gasteiger partial charge in [0.2, 0.25) is 0 Å². The summed E-state index contributed by atoms with van der Waals surface area (Å²) in [6.45, 7) is 5.97. The van der Waals surface area contributed by atoms with Gasteiger partial charge in [0.25, 0.3) is 11.8 Å². The van der Waals surface area contributed by atoms with Crippen molar-refractivity contribution in [3.05, 3.63) is 24.3 Å². The molecule has 2 amide bonds. The highest BCUT2D eigenvalue weighted by atomic mass is 16.5. The number of ether oxygens (including phenoxy) is 3. The number of benzene rings is 1. The predicted octanol–water partition coefficient (Wildman–Crippen LogP) is 1.68. The number of anilines is 1. The topological polar surface area (TPSA) is 77.1 Å². The third kappa shape index (κ3) is 5.17. The van der Waals surface area contributed by atoms with Crippen LogP contribution in [-0.4, -0.2) is 62.3 Å². The Hall–Kier alpha value is -2.12. The molecule has 1 saturated heterocycles. The Bertz CT molecular complexity index is 578. The van der Waals surface area contributed by atoms with Crippen molar-refractivity contribution >= 4 is 17.5 Å². The Labute approximate surface area is 148 Å². The number of rotatable bonds is 7. The van der Waals surface area contributed by atoms with Crippen LogP contribution in [0, 0.1) is 0 Å². The Kier molecular flexibility index (Phi) is 6.78. The number of carbonyl (C=O) groups is 2. The van der Waals surface area contributed by atoms with Gasteiger partial charge in [-0.15, -0.1) is 0 Å². The van der Waals surface area contributed by atoms with Gasteiger partial charge in [-0.25, -0.2) is 0 Å². The molecule has 1 aromatic carbocycles. The molecular formula is C18H26N2O5. The minimum atomic E-state index is -0.861. The fourth-order valence-electron chi connectivity index (χ4n) is 2.34. The van der Waals surface area contributed by atoms with Crippen LogP contribution in [0.25, 0.3) is 0 Å². The van der Waals surface area contributed by atoms with Gasteiger partial charge in [-0.05, 0) is 37.6 Å². The van der Waals surface area contributed by atoms with E-state index in [-0.39, 0.29) is 18.4 Å². The summed E-state index contributed by atoms with van der Waals surface area (Å²) >= 11 is 0. The summed E-state index contributed by atoms with van der Waals surface area (Å²) < 4.78 is 16.0. The first kappa shape index (κ1) is 19.2. The normalized spacial score (nSPS) is 16.8. The van der Waals surface area contributed by atoms with Crippen LogP contribution in [0.5, 0.6) is 5.75 Å². The Balaban J connectivity index is 1.85. The van der Waals surface area contributed by atoms with Crippen LogP contribution < -0.4 is 10.1 Å². The maximum atomic E-state index is 12.2. The highest BCUT2D eigenvalue weighted by Gasteiger charge is 2.30. The van der Waals surface area contributed by atoms with E-state index in [4.69, 9.17) is 14.2 Å². The zero-order chi connectivity index (χ0) is 18.3. The van der Waals surface area contributed by atoms with E-state index in [1.54, 1.807) is 36.1 Å². The van der Waals surface area contributed by atoms with Crippen molar-refractivity contribution in [1.82, 2.24) is 4.90 Å². The van der Waals surface area contributed by atoms with E-state index in [2.05, 4.69) is 5.32 Å². The molecule has 0 saturated carbocycles. The molecule has 0 aliphatic carbocycles. The van der Waals surface area contributed by atoms with Crippen LogP contribution >= 0.6 is 0 Å². The first-order chi connectivity index (χ1) is 12.0. The van der Waals surface area contributed by atoms with Crippen LogP contribution in [0.2, 0.25) is 0 Å². The first-order valence-corrected chi connectivity index (χ1v) is 8.43. The standard InChI is InChI=1S/C18H26N2O5/c1-4-18(2,23-3)17(22)19-14-5-7-15(8-6-14)25-13-16(21)20-9-11-24-12-10-20/h5-8H,4,9-13H2,1-3H3,(H,19,22). The molecule has 1 fully saturated rings. The van der Waals surface area contributed by atoms with Crippen LogP contribution in [0.4, 0.5) is 5.69 Å². The van der Waals surface area contributed by atoms with Crippen molar-refractivity contribution < 1.29 is 23.8 Å². The molecule has 7 heteroatoms. The summed E-state index contributed by atoms with van der Waals surface area (Å²) in [5.74, 6) is 0.317. The molecule has 1 heterocycles. The molecule has 0 bridgehead atoms. The third-order valence-corrected chi connectivity index (χ3v) is 4.44. The summed E-state index contributed by atoms with van der Waals surface area (Å²) in [7, 11) is 1.52. The molecule has 138 valence electrons. The molecule has 1 aliphatic heterocycles. The van der Waals surface area contributed by atoms with Crippen LogP contribution in [0.1, 0.15) is 20.3 Å². The lowest BCUT2D eigenvalue weighted by Gasteiger charge is -2.26. The summed E-state index contributed by atoms with van der Waals surface area (Å²) in [6.07, 6.45) is 0.570. The molecule has 7 nitrogen and oxygen atoms in total. The molecule has 0 aromatic heterocycles. The molecule has 1 aliphatic rings. The van der Waals surface area contributed by atoms with Gasteiger partial charge < -0.3 is 24.4 Å². The second kappa shape index (κ2) is 8.82. The monoisotopic (exact) mass is 350 g/mol. The van der Waals surface area contributed by atoms with Crippen LogP contribution in [-0.2, 0) is 19.1 Å². The van der Waals surface area contributed by atoms with Gasteiger partial charge in [0.1, 0.15) is 11.4 Å². The molecule has 1 atom stereocenters. The fourth-order valence-corrected chi connectivity index (χ4v) is 2.34. The molecule has 25 heavy (non-hydrogen) atoms. The zero-order valence-electron chi connectivity index (χ0n) is 15.0. The van der Waals surface area contributed by atoms with E-state index in [0.29, 0.717) is 44.2 Å². The molecule has 0 radical (unpaired) electrons. The van der Waals surface area contributed by atoms with Gasteiger partial charge in [0.05, 0.1) is 13.2 Å². The second-order valence-electron chi connectivity index (χ2n) is 6.05. The van der Waals surface area contributed by atoms with Crippen molar-refractivity contribution in [2.75, 3.05) is 45.3 Å². The highest BCUT2D eigenvalue weighted by molar-refractivity contribution is 5.97. The third-order valence-electron chi connectivity index (χ3n) is 4.44. The van der Waals surface area contributed by atoms with Crippen LogP contribution in [0.15, 0.2) is 24.3 Å². The number of methoxy groups -OCH3 is 1. The molecule has 2 rings (SSSR count). The van der Waals surface area contributed by atoms with E-state index >= 15 is 0 Å². The molecule has 0 spiro atoms. The number of hydrogen-bond donors (Lipinski definition) is 1. The van der Waals surface area contributed by atoms with Crippen molar-refractivity contribution in [2.24, 2.45) is 0 Å². The molecular weight excluding hydrogens is 324 g/mol. The predicted molar refractivity (Wildman–Crippen MR) is 93.7 cm³/mol. The fraction of sp³-hybridized carbons (Fsp3) is 0.556. The number of morpholine rings is 1. The second-order valence-corrected chi connectivity index (χ2v) is 6.05. The van der Waals surface area contributed by atoms with E-state index in [1.807, 2.05) is 6.92 Å². The zero-order valence-corrected chi connectivity index (χ0v) is 15.0. The Morgan fingerprint density at radius 1 is 1.24 bits per heavy atom. The summed E-state index contributed by atoms with van der Waals surface area (Å²) in [5.41, 5.74) is -0.215.